The van der Waals surface area contributed by atoms with E-state index in [1.807, 2.05) is 10.9 Å². The molecule has 0 atom stereocenters. The van der Waals surface area contributed by atoms with Gasteiger partial charge in [-0.2, -0.15) is 0 Å². The van der Waals surface area contributed by atoms with Gasteiger partial charge in [-0.25, -0.2) is 0 Å². The lowest BCUT2D eigenvalue weighted by atomic mass is 10.1. The predicted octanol–water partition coefficient (Wildman–Crippen LogP) is 2.06. The summed E-state index contributed by atoms with van der Waals surface area (Å²) in [5.74, 6) is 0. The summed E-state index contributed by atoms with van der Waals surface area (Å²) in [7, 11) is 0. The van der Waals surface area contributed by atoms with Gasteiger partial charge in [0.05, 0.1) is 12.2 Å². The first-order valence-electron chi connectivity index (χ1n) is 7.31. The molecule has 0 fully saturated rings. The van der Waals surface area contributed by atoms with Gasteiger partial charge in [-0.1, -0.05) is 24.3 Å². The molecule has 0 unspecified atom stereocenters. The zero-order chi connectivity index (χ0) is 15.2. The number of likely N-dealkylation sites (N-methyl/N-ethyl adjacent to an activating group) is 1. The van der Waals surface area contributed by atoms with Gasteiger partial charge in [0.25, 0.3) is 0 Å². The summed E-state index contributed by atoms with van der Waals surface area (Å²) in [4.78, 5) is 2.36. The van der Waals surface area contributed by atoms with E-state index in [1.54, 1.807) is 0 Å². The van der Waals surface area contributed by atoms with Crippen LogP contribution in [-0.2, 0) is 13.1 Å². The molecule has 0 amide bonds. The van der Waals surface area contributed by atoms with Crippen molar-refractivity contribution in [2.24, 2.45) is 0 Å². The first kappa shape index (κ1) is 16.9. The number of hydrogen-bond donors (Lipinski definition) is 1. The maximum atomic E-state index is 4.20. The fourth-order valence-electron chi connectivity index (χ4n) is 1.86. The second-order valence-corrected chi connectivity index (χ2v) is 6.40. The molecule has 0 aliphatic carbocycles. The molecule has 0 aromatic carbocycles. The highest BCUT2D eigenvalue weighted by atomic mass is 15.4. The molecule has 1 heterocycles. The second kappa shape index (κ2) is 7.55. The Bertz CT molecular complexity index is 416. The van der Waals surface area contributed by atoms with Crippen molar-refractivity contribution in [1.82, 2.24) is 25.2 Å². The van der Waals surface area contributed by atoms with Gasteiger partial charge in [-0.15, -0.1) is 5.10 Å². The van der Waals surface area contributed by atoms with Gasteiger partial charge in [-0.05, 0) is 34.2 Å². The van der Waals surface area contributed by atoms with Gasteiger partial charge in [0.1, 0.15) is 0 Å². The molecule has 0 aliphatic heterocycles. The van der Waals surface area contributed by atoms with E-state index in [2.05, 4.69) is 61.7 Å². The van der Waals surface area contributed by atoms with Crippen LogP contribution < -0.4 is 5.32 Å². The quantitative estimate of drug-likeness (QED) is 0.740. The van der Waals surface area contributed by atoms with Crippen molar-refractivity contribution in [1.29, 1.82) is 0 Å². The minimum absolute atomic E-state index is 0.101. The Morgan fingerprint density at radius 2 is 2.15 bits per heavy atom. The molecule has 0 spiro atoms. The molecule has 1 aromatic rings. The van der Waals surface area contributed by atoms with Crippen LogP contribution in [0.4, 0.5) is 0 Å². The van der Waals surface area contributed by atoms with Gasteiger partial charge in [0.15, 0.2) is 0 Å². The maximum absolute atomic E-state index is 4.20. The Morgan fingerprint density at radius 1 is 1.45 bits per heavy atom. The van der Waals surface area contributed by atoms with Crippen molar-refractivity contribution in [3.63, 3.8) is 0 Å². The number of hydrogen-bond acceptors (Lipinski definition) is 4. The first-order chi connectivity index (χ1) is 9.30. The van der Waals surface area contributed by atoms with Crippen LogP contribution in [0.2, 0.25) is 0 Å². The van der Waals surface area contributed by atoms with Crippen LogP contribution in [0.25, 0.3) is 0 Å². The normalized spacial score (nSPS) is 12.1. The van der Waals surface area contributed by atoms with Gasteiger partial charge in [0, 0.05) is 31.4 Å². The Labute approximate surface area is 123 Å². The zero-order valence-corrected chi connectivity index (χ0v) is 13.6. The summed E-state index contributed by atoms with van der Waals surface area (Å²) < 4.78 is 1.92. The molecule has 1 rings (SSSR count). The molecule has 1 aromatic heterocycles. The van der Waals surface area contributed by atoms with Crippen molar-refractivity contribution in [2.45, 2.75) is 53.2 Å². The van der Waals surface area contributed by atoms with Crippen LogP contribution in [0.3, 0.4) is 0 Å². The van der Waals surface area contributed by atoms with E-state index in [0.717, 1.165) is 38.4 Å². The van der Waals surface area contributed by atoms with Crippen molar-refractivity contribution < 1.29 is 0 Å². The lowest BCUT2D eigenvalue weighted by Crippen LogP contribution is -2.35. The summed E-state index contributed by atoms with van der Waals surface area (Å²) >= 11 is 0. The summed E-state index contributed by atoms with van der Waals surface area (Å²) in [5, 5.41) is 11.8. The Kier molecular flexibility index (Phi) is 6.36. The summed E-state index contributed by atoms with van der Waals surface area (Å²) in [6.07, 6.45) is 2.02. The van der Waals surface area contributed by atoms with Crippen LogP contribution in [-0.4, -0.2) is 45.1 Å². The van der Waals surface area contributed by atoms with E-state index < -0.39 is 0 Å². The van der Waals surface area contributed by atoms with Gasteiger partial charge < -0.3 is 5.32 Å². The minimum atomic E-state index is 0.101. The van der Waals surface area contributed by atoms with Crippen molar-refractivity contribution >= 4 is 0 Å². The first-order valence-corrected chi connectivity index (χ1v) is 7.31. The minimum Gasteiger partial charge on any atom is -0.306 e. The highest BCUT2D eigenvalue weighted by molar-refractivity contribution is 4.94. The molecule has 1 N–H and O–H groups in total. The van der Waals surface area contributed by atoms with E-state index in [0.29, 0.717) is 0 Å². The van der Waals surface area contributed by atoms with Crippen molar-refractivity contribution in [3.05, 3.63) is 24.0 Å². The second-order valence-electron chi connectivity index (χ2n) is 6.40. The Hall–Kier alpha value is -1.20. The SMILES string of the molecule is C=C(C)CN(CC)CCn1cc(CNC(C)(C)C)nn1. The average molecular weight is 279 g/mol. The van der Waals surface area contributed by atoms with Gasteiger partial charge in [0.2, 0.25) is 0 Å². The van der Waals surface area contributed by atoms with Crippen molar-refractivity contribution in [3.8, 4) is 0 Å². The summed E-state index contributed by atoms with van der Waals surface area (Å²) in [6, 6.07) is 0. The smallest absolute Gasteiger partial charge is 0.0965 e. The number of rotatable bonds is 8. The third kappa shape index (κ3) is 6.82. The number of aromatic nitrogens is 3. The molecule has 20 heavy (non-hydrogen) atoms. The largest absolute Gasteiger partial charge is 0.306 e. The summed E-state index contributed by atoms with van der Waals surface area (Å²) in [6.45, 7) is 19.2. The van der Waals surface area contributed by atoms with Crippen LogP contribution in [0.15, 0.2) is 18.3 Å². The van der Waals surface area contributed by atoms with E-state index in [1.165, 1.54) is 5.57 Å². The number of nitrogens with one attached hydrogen (secondary N) is 1. The molecule has 0 bridgehead atoms. The average Bonchev–Trinajstić information content (AvgIpc) is 2.78. The van der Waals surface area contributed by atoms with Crippen LogP contribution in [0.1, 0.15) is 40.3 Å². The standard InChI is InChI=1S/C15H29N5/c1-7-19(11-13(2)3)8-9-20-12-14(17-18-20)10-16-15(4,5)6/h12,16H,2,7-11H2,1,3-6H3. The molecule has 0 radical (unpaired) electrons. The third-order valence-corrected chi connectivity index (χ3v) is 2.97. The molecule has 0 aliphatic rings. The zero-order valence-electron chi connectivity index (χ0n) is 13.6. The van der Waals surface area contributed by atoms with Crippen molar-refractivity contribution in [2.75, 3.05) is 19.6 Å². The topological polar surface area (TPSA) is 46.0 Å². The molecule has 114 valence electrons. The van der Waals surface area contributed by atoms with E-state index >= 15 is 0 Å². The predicted molar refractivity (Wildman–Crippen MR) is 83.5 cm³/mol. The molecule has 5 nitrogen and oxygen atoms in total. The Balaban J connectivity index is 2.41. The fraction of sp³-hybridized carbons (Fsp3) is 0.733. The molecular formula is C15H29N5. The highest BCUT2D eigenvalue weighted by Crippen LogP contribution is 2.02. The van der Waals surface area contributed by atoms with Crippen LogP contribution in [0.5, 0.6) is 0 Å². The fourth-order valence-corrected chi connectivity index (χ4v) is 1.86. The van der Waals surface area contributed by atoms with Crippen LogP contribution in [0, 0.1) is 0 Å². The molecule has 0 saturated carbocycles. The van der Waals surface area contributed by atoms with E-state index in [-0.39, 0.29) is 5.54 Å². The van der Waals surface area contributed by atoms with Crippen LogP contribution >= 0.6 is 0 Å². The van der Waals surface area contributed by atoms with Gasteiger partial charge >= 0.3 is 0 Å². The van der Waals surface area contributed by atoms with Gasteiger partial charge in [-0.3, -0.25) is 9.58 Å². The lowest BCUT2D eigenvalue weighted by molar-refractivity contribution is 0.291. The Morgan fingerprint density at radius 3 is 2.70 bits per heavy atom. The molecule has 0 saturated heterocycles. The third-order valence-electron chi connectivity index (χ3n) is 2.97. The molecule has 5 heteroatoms. The monoisotopic (exact) mass is 279 g/mol. The van der Waals surface area contributed by atoms with E-state index in [9.17, 15) is 0 Å². The maximum Gasteiger partial charge on any atom is 0.0965 e. The highest BCUT2D eigenvalue weighted by Gasteiger charge is 2.10. The lowest BCUT2D eigenvalue weighted by Gasteiger charge is -2.20. The van der Waals surface area contributed by atoms with E-state index in [4.69, 9.17) is 0 Å². The molecular weight excluding hydrogens is 250 g/mol. The summed E-state index contributed by atoms with van der Waals surface area (Å²) in [5.41, 5.74) is 2.29. The number of nitrogens with zero attached hydrogens (tertiary/aromatic N) is 4.